The van der Waals surface area contributed by atoms with Gasteiger partial charge in [-0.05, 0) is 18.4 Å². The summed E-state index contributed by atoms with van der Waals surface area (Å²) in [5, 5.41) is 0. The van der Waals surface area contributed by atoms with E-state index < -0.39 is 0 Å². The van der Waals surface area contributed by atoms with Crippen LogP contribution in [0.4, 0.5) is 0 Å². The Balaban J connectivity index is 2.28. The Kier molecular flexibility index (Phi) is 4.18. The highest BCUT2D eigenvalue weighted by molar-refractivity contribution is 7.09. The Morgan fingerprint density at radius 1 is 1.18 bits per heavy atom. The lowest BCUT2D eigenvalue weighted by atomic mass is 10.1. The van der Waals surface area contributed by atoms with E-state index in [1.54, 1.807) is 0 Å². The van der Waals surface area contributed by atoms with E-state index in [1.165, 1.54) is 5.56 Å². The van der Waals surface area contributed by atoms with E-state index in [-0.39, 0.29) is 0 Å². The maximum absolute atomic E-state index is 4.88. The zero-order valence-corrected chi connectivity index (χ0v) is 7.65. The molecular weight excluding hydrogens is 155 g/mol. The second-order valence-electron chi connectivity index (χ2n) is 2.46. The number of rotatable bonds is 4. The van der Waals surface area contributed by atoms with Crippen LogP contribution in [0.2, 0.25) is 0 Å². The van der Waals surface area contributed by atoms with E-state index in [2.05, 4.69) is 33.7 Å². The second-order valence-corrected chi connectivity index (χ2v) is 2.79. The van der Waals surface area contributed by atoms with Crippen molar-refractivity contribution in [2.45, 2.75) is 12.8 Å². The summed E-state index contributed by atoms with van der Waals surface area (Å²) in [7, 11) is 2.27. The van der Waals surface area contributed by atoms with Crippen LogP contribution in [0.15, 0.2) is 30.3 Å². The maximum atomic E-state index is 4.88. The first-order valence-electron chi connectivity index (χ1n) is 3.79. The van der Waals surface area contributed by atoms with Crippen LogP contribution in [-0.2, 0) is 10.9 Å². The molecule has 11 heavy (non-hydrogen) atoms. The van der Waals surface area contributed by atoms with E-state index in [1.807, 2.05) is 6.07 Å². The first kappa shape index (κ1) is 8.70. The minimum absolute atomic E-state index is 0.819. The molecule has 0 bridgehead atoms. The van der Waals surface area contributed by atoms with Gasteiger partial charge in [0.1, 0.15) is 0 Å². The largest absolute Gasteiger partial charge is 0.366 e. The fourth-order valence-electron chi connectivity index (χ4n) is 1.00. The molecular formula is C9H13OP. The lowest BCUT2D eigenvalue weighted by Crippen LogP contribution is -1.88. The fourth-order valence-corrected chi connectivity index (χ4v) is 1.17. The summed E-state index contributed by atoms with van der Waals surface area (Å²) in [6.45, 7) is 0.819. The van der Waals surface area contributed by atoms with Gasteiger partial charge in [0.2, 0.25) is 0 Å². The molecule has 1 unspecified atom stereocenters. The van der Waals surface area contributed by atoms with Crippen molar-refractivity contribution in [1.29, 1.82) is 0 Å². The van der Waals surface area contributed by atoms with E-state index >= 15 is 0 Å². The summed E-state index contributed by atoms with van der Waals surface area (Å²) in [6, 6.07) is 10.5. The van der Waals surface area contributed by atoms with Crippen LogP contribution < -0.4 is 0 Å². The highest BCUT2D eigenvalue weighted by Crippen LogP contribution is 2.02. The van der Waals surface area contributed by atoms with Crippen molar-refractivity contribution in [3.05, 3.63) is 35.9 Å². The van der Waals surface area contributed by atoms with Gasteiger partial charge in [0.25, 0.3) is 0 Å². The fraction of sp³-hybridized carbons (Fsp3) is 0.333. The molecule has 0 radical (unpaired) electrons. The monoisotopic (exact) mass is 168 g/mol. The van der Waals surface area contributed by atoms with Crippen molar-refractivity contribution in [3.63, 3.8) is 0 Å². The minimum atomic E-state index is 0.819. The standard InChI is InChI=1S/C9H13OP/c11-10-8-4-7-9-5-2-1-3-6-9/h1-3,5-6H,4,7-8,11H2. The Labute approximate surface area is 70.1 Å². The van der Waals surface area contributed by atoms with Crippen molar-refractivity contribution in [3.8, 4) is 0 Å². The van der Waals surface area contributed by atoms with E-state index in [9.17, 15) is 0 Å². The highest BCUT2D eigenvalue weighted by atomic mass is 31.0. The van der Waals surface area contributed by atoms with Crippen LogP contribution in [0.3, 0.4) is 0 Å². The minimum Gasteiger partial charge on any atom is -0.366 e. The zero-order chi connectivity index (χ0) is 7.94. The molecule has 0 aliphatic heterocycles. The number of aryl methyl sites for hydroxylation is 1. The molecule has 0 N–H and O–H groups in total. The van der Waals surface area contributed by atoms with Crippen LogP contribution in [0.5, 0.6) is 0 Å². The summed E-state index contributed by atoms with van der Waals surface area (Å²) >= 11 is 0. The average molecular weight is 168 g/mol. The summed E-state index contributed by atoms with van der Waals surface area (Å²) in [6.07, 6.45) is 2.20. The molecule has 0 aliphatic carbocycles. The molecule has 1 aromatic carbocycles. The number of benzene rings is 1. The maximum Gasteiger partial charge on any atom is 0.0505 e. The summed E-state index contributed by atoms with van der Waals surface area (Å²) < 4.78 is 4.88. The van der Waals surface area contributed by atoms with Crippen molar-refractivity contribution < 1.29 is 4.52 Å². The van der Waals surface area contributed by atoms with Crippen LogP contribution in [0.1, 0.15) is 12.0 Å². The Morgan fingerprint density at radius 2 is 1.91 bits per heavy atom. The van der Waals surface area contributed by atoms with Gasteiger partial charge < -0.3 is 4.52 Å². The van der Waals surface area contributed by atoms with E-state index in [4.69, 9.17) is 4.52 Å². The molecule has 2 heteroatoms. The van der Waals surface area contributed by atoms with Crippen LogP contribution in [0, 0.1) is 0 Å². The van der Waals surface area contributed by atoms with Gasteiger partial charge in [0.15, 0.2) is 0 Å². The normalized spacial score (nSPS) is 9.91. The van der Waals surface area contributed by atoms with Gasteiger partial charge in [-0.3, -0.25) is 0 Å². The molecule has 1 rings (SSSR count). The second kappa shape index (κ2) is 5.29. The topological polar surface area (TPSA) is 9.23 Å². The Morgan fingerprint density at radius 3 is 2.55 bits per heavy atom. The first-order chi connectivity index (χ1) is 5.43. The van der Waals surface area contributed by atoms with E-state index in [0.29, 0.717) is 0 Å². The highest BCUT2D eigenvalue weighted by Gasteiger charge is 1.89. The molecule has 0 fully saturated rings. The van der Waals surface area contributed by atoms with Gasteiger partial charge in [-0.25, -0.2) is 0 Å². The van der Waals surface area contributed by atoms with Gasteiger partial charge in [0.05, 0.1) is 6.61 Å². The first-order valence-corrected chi connectivity index (χ1v) is 4.26. The molecule has 0 aromatic heterocycles. The summed E-state index contributed by atoms with van der Waals surface area (Å²) in [4.78, 5) is 0. The van der Waals surface area contributed by atoms with Gasteiger partial charge in [-0.15, -0.1) is 0 Å². The van der Waals surface area contributed by atoms with Gasteiger partial charge in [0, 0.05) is 9.47 Å². The molecule has 0 spiro atoms. The predicted molar refractivity (Wildman–Crippen MR) is 50.4 cm³/mol. The molecule has 1 aromatic rings. The smallest absolute Gasteiger partial charge is 0.0505 e. The lowest BCUT2D eigenvalue weighted by Gasteiger charge is -1.98. The molecule has 0 heterocycles. The van der Waals surface area contributed by atoms with Crippen LogP contribution >= 0.6 is 9.47 Å². The van der Waals surface area contributed by atoms with Crippen LogP contribution in [0.25, 0.3) is 0 Å². The van der Waals surface area contributed by atoms with E-state index in [0.717, 1.165) is 19.4 Å². The third-order valence-corrected chi connectivity index (χ3v) is 1.81. The average Bonchev–Trinajstić information content (AvgIpc) is 2.07. The molecule has 1 atom stereocenters. The summed E-state index contributed by atoms with van der Waals surface area (Å²) in [5.41, 5.74) is 1.38. The number of hydrogen-bond donors (Lipinski definition) is 0. The van der Waals surface area contributed by atoms with Crippen molar-refractivity contribution in [1.82, 2.24) is 0 Å². The number of hydrogen-bond acceptors (Lipinski definition) is 1. The molecule has 0 saturated carbocycles. The molecule has 1 nitrogen and oxygen atoms in total. The molecule has 0 aliphatic rings. The summed E-state index contributed by atoms with van der Waals surface area (Å²) in [5.74, 6) is 0. The van der Waals surface area contributed by atoms with Gasteiger partial charge in [-0.2, -0.15) is 0 Å². The zero-order valence-electron chi connectivity index (χ0n) is 6.49. The molecule has 60 valence electrons. The van der Waals surface area contributed by atoms with Crippen LogP contribution in [-0.4, -0.2) is 6.61 Å². The van der Waals surface area contributed by atoms with Crippen molar-refractivity contribution >= 4 is 9.47 Å². The van der Waals surface area contributed by atoms with Crippen molar-refractivity contribution in [2.75, 3.05) is 6.61 Å². The van der Waals surface area contributed by atoms with Crippen molar-refractivity contribution in [2.24, 2.45) is 0 Å². The predicted octanol–water partition coefficient (Wildman–Crippen LogP) is 2.43. The SMILES string of the molecule is POCCCc1ccccc1. The third-order valence-electron chi connectivity index (χ3n) is 1.57. The van der Waals surface area contributed by atoms with Gasteiger partial charge >= 0.3 is 0 Å². The Bertz CT molecular complexity index is 186. The van der Waals surface area contributed by atoms with Gasteiger partial charge in [-0.1, -0.05) is 30.3 Å². The third kappa shape index (κ3) is 3.50. The quantitative estimate of drug-likeness (QED) is 0.495. The molecule has 0 amide bonds. The lowest BCUT2D eigenvalue weighted by molar-refractivity contribution is 0.363. The molecule has 0 saturated heterocycles. The Hall–Kier alpha value is -0.390.